The first kappa shape index (κ1) is 20.6. The van der Waals surface area contributed by atoms with Gasteiger partial charge in [-0.05, 0) is 43.4 Å². The summed E-state index contributed by atoms with van der Waals surface area (Å²) in [4.78, 5) is 11.5. The number of carbonyl (C=O) groups is 1. The van der Waals surface area contributed by atoms with Gasteiger partial charge in [0.2, 0.25) is 10.0 Å². The Labute approximate surface area is 153 Å². The lowest BCUT2D eigenvalue weighted by Crippen LogP contribution is -2.32. The van der Waals surface area contributed by atoms with E-state index in [0.29, 0.717) is 19.6 Å². The zero-order valence-corrected chi connectivity index (χ0v) is 15.8. The summed E-state index contributed by atoms with van der Waals surface area (Å²) in [5.74, 6) is -0.403. The molecule has 0 unspecified atom stereocenters. The lowest BCUT2D eigenvalue weighted by Gasteiger charge is -2.26. The molecular formula is C17H25NO7S. The van der Waals surface area contributed by atoms with Gasteiger partial charge in [0, 0.05) is 19.8 Å². The Bertz CT molecular complexity index is 714. The molecule has 0 saturated carbocycles. The maximum absolute atomic E-state index is 12.6. The van der Waals surface area contributed by atoms with Crippen LogP contribution in [0.5, 0.6) is 5.75 Å². The molecule has 2 N–H and O–H groups in total. The molecule has 1 heterocycles. The van der Waals surface area contributed by atoms with E-state index in [9.17, 15) is 18.3 Å². The fraction of sp³-hybridized carbons (Fsp3) is 0.588. The predicted molar refractivity (Wildman–Crippen MR) is 93.7 cm³/mol. The summed E-state index contributed by atoms with van der Waals surface area (Å²) in [6.45, 7) is 1.31. The summed E-state index contributed by atoms with van der Waals surface area (Å²) in [6, 6.07) is 4.04. The van der Waals surface area contributed by atoms with Gasteiger partial charge < -0.3 is 19.3 Å². The SMILES string of the molecule is COC(=O)c1ccc(OC)c(S(=O)(=O)NCC[C@@H](O)C2CCOCC2)c1. The number of methoxy groups -OCH3 is 2. The highest BCUT2D eigenvalue weighted by molar-refractivity contribution is 7.89. The van der Waals surface area contributed by atoms with Crippen molar-refractivity contribution in [2.24, 2.45) is 5.92 Å². The average Bonchev–Trinajstić information content (AvgIpc) is 2.67. The van der Waals surface area contributed by atoms with Crippen LogP contribution >= 0.6 is 0 Å². The number of aliphatic hydroxyl groups excluding tert-OH is 1. The number of hydrogen-bond donors (Lipinski definition) is 2. The summed E-state index contributed by atoms with van der Waals surface area (Å²) in [5, 5.41) is 10.2. The maximum Gasteiger partial charge on any atom is 0.337 e. The van der Waals surface area contributed by atoms with Crippen LogP contribution in [-0.4, -0.2) is 59.6 Å². The van der Waals surface area contributed by atoms with Crippen LogP contribution < -0.4 is 9.46 Å². The molecule has 1 saturated heterocycles. The molecule has 1 aromatic carbocycles. The van der Waals surface area contributed by atoms with E-state index >= 15 is 0 Å². The van der Waals surface area contributed by atoms with Gasteiger partial charge in [-0.3, -0.25) is 0 Å². The van der Waals surface area contributed by atoms with E-state index in [1.54, 1.807) is 0 Å². The second-order valence-corrected chi connectivity index (χ2v) is 7.80. The number of hydrogen-bond acceptors (Lipinski definition) is 7. The second-order valence-electron chi connectivity index (χ2n) is 6.06. The minimum Gasteiger partial charge on any atom is -0.495 e. The Balaban J connectivity index is 2.05. The summed E-state index contributed by atoms with van der Waals surface area (Å²) in [5.41, 5.74) is 0.107. The number of benzene rings is 1. The zero-order chi connectivity index (χ0) is 19.2. The molecule has 1 aliphatic heterocycles. The first-order valence-corrected chi connectivity index (χ1v) is 9.89. The van der Waals surface area contributed by atoms with Crippen LogP contribution in [0.3, 0.4) is 0 Å². The van der Waals surface area contributed by atoms with E-state index in [1.807, 2.05) is 0 Å². The van der Waals surface area contributed by atoms with Gasteiger partial charge in [-0.2, -0.15) is 0 Å². The molecule has 1 fully saturated rings. The lowest BCUT2D eigenvalue weighted by atomic mass is 9.92. The van der Waals surface area contributed by atoms with E-state index in [1.165, 1.54) is 32.4 Å². The molecule has 0 aromatic heterocycles. The molecule has 0 radical (unpaired) electrons. The van der Waals surface area contributed by atoms with Crippen molar-refractivity contribution in [1.82, 2.24) is 4.72 Å². The third kappa shape index (κ3) is 5.16. The Morgan fingerprint density at radius 2 is 2.04 bits per heavy atom. The number of carbonyl (C=O) groups excluding carboxylic acids is 1. The Hall–Kier alpha value is -1.68. The van der Waals surface area contributed by atoms with E-state index in [0.717, 1.165) is 12.8 Å². The van der Waals surface area contributed by atoms with Gasteiger partial charge >= 0.3 is 5.97 Å². The molecule has 8 nitrogen and oxygen atoms in total. The zero-order valence-electron chi connectivity index (χ0n) is 14.9. The van der Waals surface area contributed by atoms with Gasteiger partial charge in [0.1, 0.15) is 10.6 Å². The van der Waals surface area contributed by atoms with Gasteiger partial charge in [-0.1, -0.05) is 0 Å². The first-order valence-electron chi connectivity index (χ1n) is 8.41. The van der Waals surface area contributed by atoms with Crippen LogP contribution in [0.1, 0.15) is 29.6 Å². The van der Waals surface area contributed by atoms with Crippen molar-refractivity contribution < 1.29 is 32.5 Å². The number of ether oxygens (including phenoxy) is 3. The van der Waals surface area contributed by atoms with Gasteiger partial charge in [0.05, 0.1) is 25.9 Å². The molecule has 146 valence electrons. The molecule has 0 amide bonds. The van der Waals surface area contributed by atoms with Crippen molar-refractivity contribution in [3.8, 4) is 5.75 Å². The smallest absolute Gasteiger partial charge is 0.337 e. The van der Waals surface area contributed by atoms with Crippen molar-refractivity contribution in [2.75, 3.05) is 34.0 Å². The first-order chi connectivity index (χ1) is 12.4. The highest BCUT2D eigenvalue weighted by Crippen LogP contribution is 2.25. The van der Waals surface area contributed by atoms with Gasteiger partial charge in [-0.25, -0.2) is 17.9 Å². The van der Waals surface area contributed by atoms with Crippen LogP contribution in [-0.2, 0) is 19.5 Å². The summed E-state index contributed by atoms with van der Waals surface area (Å²) >= 11 is 0. The highest BCUT2D eigenvalue weighted by atomic mass is 32.2. The molecule has 26 heavy (non-hydrogen) atoms. The van der Waals surface area contributed by atoms with Gasteiger partial charge in [0.25, 0.3) is 0 Å². The molecule has 1 aliphatic rings. The monoisotopic (exact) mass is 387 g/mol. The maximum atomic E-state index is 12.6. The highest BCUT2D eigenvalue weighted by Gasteiger charge is 2.24. The van der Waals surface area contributed by atoms with E-state index in [2.05, 4.69) is 9.46 Å². The largest absolute Gasteiger partial charge is 0.495 e. The Morgan fingerprint density at radius 3 is 2.65 bits per heavy atom. The van der Waals surface area contributed by atoms with Crippen molar-refractivity contribution in [3.05, 3.63) is 23.8 Å². The molecule has 0 aliphatic carbocycles. The molecule has 9 heteroatoms. The van der Waals surface area contributed by atoms with Crippen molar-refractivity contribution >= 4 is 16.0 Å². The number of nitrogens with one attached hydrogen (secondary N) is 1. The number of rotatable bonds is 8. The predicted octanol–water partition coefficient (Wildman–Crippen LogP) is 0.938. The molecule has 0 bridgehead atoms. The average molecular weight is 387 g/mol. The van der Waals surface area contributed by atoms with E-state index in [-0.39, 0.29) is 28.7 Å². The van der Waals surface area contributed by atoms with Crippen molar-refractivity contribution in [2.45, 2.75) is 30.3 Å². The third-order valence-corrected chi connectivity index (χ3v) is 5.90. The standard InChI is InChI=1S/C17H25NO7S/c1-23-15-4-3-13(17(20)24-2)11-16(15)26(21,22)18-8-5-14(19)12-6-9-25-10-7-12/h3-4,11-12,14,18-19H,5-10H2,1-2H3/t14-/m1/s1. The van der Waals surface area contributed by atoms with Gasteiger partial charge in [-0.15, -0.1) is 0 Å². The van der Waals surface area contributed by atoms with Crippen LogP contribution in [0.25, 0.3) is 0 Å². The summed E-state index contributed by atoms with van der Waals surface area (Å²) in [6.07, 6.45) is 1.24. The molecule has 1 atom stereocenters. The van der Waals surface area contributed by atoms with Crippen LogP contribution in [0, 0.1) is 5.92 Å². The topological polar surface area (TPSA) is 111 Å². The van der Waals surface area contributed by atoms with Crippen LogP contribution in [0.15, 0.2) is 23.1 Å². The van der Waals surface area contributed by atoms with E-state index in [4.69, 9.17) is 9.47 Å². The normalized spacial score (nSPS) is 16.9. The number of esters is 1. The van der Waals surface area contributed by atoms with Crippen molar-refractivity contribution in [3.63, 3.8) is 0 Å². The second kappa shape index (κ2) is 9.31. The van der Waals surface area contributed by atoms with E-state index < -0.39 is 22.1 Å². The Morgan fingerprint density at radius 1 is 1.35 bits per heavy atom. The Kier molecular flexibility index (Phi) is 7.39. The fourth-order valence-corrected chi connectivity index (χ4v) is 4.13. The quantitative estimate of drug-likeness (QED) is 0.639. The van der Waals surface area contributed by atoms with Crippen molar-refractivity contribution in [1.29, 1.82) is 0 Å². The van der Waals surface area contributed by atoms with Gasteiger partial charge in [0.15, 0.2) is 0 Å². The summed E-state index contributed by atoms with van der Waals surface area (Å²) < 4.78 is 42.6. The van der Waals surface area contributed by atoms with Crippen LogP contribution in [0.2, 0.25) is 0 Å². The molecule has 2 rings (SSSR count). The summed E-state index contributed by atoms with van der Waals surface area (Å²) in [7, 11) is -1.35. The molecule has 0 spiro atoms. The van der Waals surface area contributed by atoms with Crippen LogP contribution in [0.4, 0.5) is 0 Å². The fourth-order valence-electron chi connectivity index (χ4n) is 2.89. The lowest BCUT2D eigenvalue weighted by molar-refractivity contribution is 0.00567. The number of sulfonamides is 1. The number of aliphatic hydroxyl groups is 1. The molecular weight excluding hydrogens is 362 g/mol. The molecule has 1 aromatic rings. The third-order valence-electron chi connectivity index (χ3n) is 4.42. The minimum atomic E-state index is -3.91. The minimum absolute atomic E-state index is 0.0759.